The molecule has 1 rings (SSSR count). The van der Waals surface area contributed by atoms with E-state index in [1.165, 1.54) is 0 Å². The molecule has 0 heterocycles. The highest BCUT2D eigenvalue weighted by molar-refractivity contribution is 5.20. The molecule has 1 aromatic carbocycles. The number of nitrogens with one attached hydrogen (secondary N) is 1. The van der Waals surface area contributed by atoms with Gasteiger partial charge in [0.05, 0.1) is 6.61 Å². The molecule has 1 unspecified atom stereocenters. The monoisotopic (exact) mass is 267 g/mol. The highest BCUT2D eigenvalue weighted by atomic mass is 16.5. The van der Waals surface area contributed by atoms with Crippen molar-refractivity contribution in [1.82, 2.24) is 5.32 Å². The predicted molar refractivity (Wildman–Crippen MR) is 76.5 cm³/mol. The number of ether oxygens (including phenoxy) is 2. The first-order valence-electron chi connectivity index (χ1n) is 6.83. The quantitative estimate of drug-likeness (QED) is 0.633. The first-order chi connectivity index (χ1) is 9.18. The molecule has 108 valence electrons. The molecule has 0 aromatic heterocycles. The Morgan fingerprint density at radius 1 is 1.16 bits per heavy atom. The van der Waals surface area contributed by atoms with E-state index in [1.54, 1.807) is 0 Å². The largest absolute Gasteiger partial charge is 0.491 e. The van der Waals surface area contributed by atoms with Crippen molar-refractivity contribution in [3.05, 3.63) is 30.3 Å². The molecule has 4 heteroatoms. The molecule has 0 amide bonds. The van der Waals surface area contributed by atoms with E-state index in [9.17, 15) is 5.11 Å². The minimum absolute atomic E-state index is 0.296. The Bertz CT molecular complexity index is 316. The highest BCUT2D eigenvalue weighted by Crippen LogP contribution is 2.08. The van der Waals surface area contributed by atoms with Crippen molar-refractivity contribution in [2.45, 2.75) is 20.0 Å². The Kier molecular flexibility index (Phi) is 8.21. The number of para-hydroxylation sites is 1. The number of aliphatic hydroxyl groups excluding tert-OH is 1. The number of hydrogen-bond donors (Lipinski definition) is 2. The van der Waals surface area contributed by atoms with Gasteiger partial charge in [-0.25, -0.2) is 0 Å². The summed E-state index contributed by atoms with van der Waals surface area (Å²) in [4.78, 5) is 0. The zero-order chi connectivity index (χ0) is 13.9. The molecule has 1 atom stereocenters. The van der Waals surface area contributed by atoms with Crippen LogP contribution in [0.4, 0.5) is 0 Å². The molecule has 0 saturated heterocycles. The molecule has 0 aliphatic rings. The molecule has 0 saturated carbocycles. The average Bonchev–Trinajstić information content (AvgIpc) is 2.41. The Labute approximate surface area is 115 Å². The van der Waals surface area contributed by atoms with Crippen molar-refractivity contribution in [1.29, 1.82) is 0 Å². The average molecular weight is 267 g/mol. The predicted octanol–water partition coefficient (Wildman–Crippen LogP) is 1.69. The van der Waals surface area contributed by atoms with Crippen molar-refractivity contribution >= 4 is 0 Å². The van der Waals surface area contributed by atoms with Crippen molar-refractivity contribution in [2.75, 3.05) is 32.9 Å². The number of rotatable bonds is 10. The standard InChI is InChI=1S/C15H25NO3/c1-13(2)11-18-9-8-16-10-14(17)12-19-15-6-4-3-5-7-15/h3-7,13-14,16-17H,8-12H2,1-2H3. The van der Waals surface area contributed by atoms with Crippen LogP contribution in [0.1, 0.15) is 13.8 Å². The van der Waals surface area contributed by atoms with Gasteiger partial charge in [0.2, 0.25) is 0 Å². The van der Waals surface area contributed by atoms with E-state index >= 15 is 0 Å². The third kappa shape index (κ3) is 8.59. The summed E-state index contributed by atoms with van der Waals surface area (Å²) < 4.78 is 10.9. The summed E-state index contributed by atoms with van der Waals surface area (Å²) in [5.41, 5.74) is 0. The maximum atomic E-state index is 9.73. The van der Waals surface area contributed by atoms with Crippen LogP contribution in [0.15, 0.2) is 30.3 Å². The minimum atomic E-state index is -0.509. The van der Waals surface area contributed by atoms with E-state index in [0.29, 0.717) is 25.7 Å². The van der Waals surface area contributed by atoms with E-state index in [4.69, 9.17) is 9.47 Å². The van der Waals surface area contributed by atoms with Gasteiger partial charge in [-0.05, 0) is 18.1 Å². The van der Waals surface area contributed by atoms with Crippen LogP contribution in [0.2, 0.25) is 0 Å². The molecule has 19 heavy (non-hydrogen) atoms. The summed E-state index contributed by atoms with van der Waals surface area (Å²) in [7, 11) is 0. The Morgan fingerprint density at radius 3 is 2.58 bits per heavy atom. The van der Waals surface area contributed by atoms with Gasteiger partial charge in [0.25, 0.3) is 0 Å². The van der Waals surface area contributed by atoms with Crippen molar-refractivity contribution in [3.63, 3.8) is 0 Å². The van der Waals surface area contributed by atoms with Crippen LogP contribution < -0.4 is 10.1 Å². The zero-order valence-electron chi connectivity index (χ0n) is 11.8. The van der Waals surface area contributed by atoms with Crippen LogP contribution in [-0.2, 0) is 4.74 Å². The molecular weight excluding hydrogens is 242 g/mol. The lowest BCUT2D eigenvalue weighted by atomic mass is 10.2. The topological polar surface area (TPSA) is 50.7 Å². The second-order valence-corrected chi connectivity index (χ2v) is 4.95. The molecule has 0 aliphatic heterocycles. The van der Waals surface area contributed by atoms with Crippen LogP contribution in [0.3, 0.4) is 0 Å². The van der Waals surface area contributed by atoms with Gasteiger partial charge in [-0.1, -0.05) is 32.0 Å². The molecule has 0 spiro atoms. The van der Waals surface area contributed by atoms with Gasteiger partial charge in [0, 0.05) is 19.7 Å². The summed E-state index contributed by atoms with van der Waals surface area (Å²) in [6, 6.07) is 9.50. The van der Waals surface area contributed by atoms with Gasteiger partial charge in [0.1, 0.15) is 18.5 Å². The highest BCUT2D eigenvalue weighted by Gasteiger charge is 2.04. The molecule has 0 bridgehead atoms. The zero-order valence-corrected chi connectivity index (χ0v) is 11.8. The number of benzene rings is 1. The molecular formula is C15H25NO3. The van der Waals surface area contributed by atoms with Gasteiger partial charge < -0.3 is 19.9 Å². The smallest absolute Gasteiger partial charge is 0.119 e. The minimum Gasteiger partial charge on any atom is -0.491 e. The maximum Gasteiger partial charge on any atom is 0.119 e. The number of hydrogen-bond acceptors (Lipinski definition) is 4. The lowest BCUT2D eigenvalue weighted by Gasteiger charge is -2.13. The Morgan fingerprint density at radius 2 is 1.89 bits per heavy atom. The first kappa shape index (κ1) is 16.0. The summed E-state index contributed by atoms with van der Waals surface area (Å²) in [5, 5.41) is 12.9. The van der Waals surface area contributed by atoms with Crippen molar-refractivity contribution < 1.29 is 14.6 Å². The van der Waals surface area contributed by atoms with Crippen LogP contribution in [-0.4, -0.2) is 44.1 Å². The van der Waals surface area contributed by atoms with Crippen LogP contribution in [0.5, 0.6) is 5.75 Å². The van der Waals surface area contributed by atoms with Gasteiger partial charge in [-0.3, -0.25) is 0 Å². The maximum absolute atomic E-state index is 9.73. The molecule has 2 N–H and O–H groups in total. The third-order valence-electron chi connectivity index (χ3n) is 2.44. The van der Waals surface area contributed by atoms with E-state index in [1.807, 2.05) is 30.3 Å². The van der Waals surface area contributed by atoms with Gasteiger partial charge in [-0.2, -0.15) is 0 Å². The molecule has 0 radical (unpaired) electrons. The lowest BCUT2D eigenvalue weighted by molar-refractivity contribution is 0.0925. The van der Waals surface area contributed by atoms with Crippen molar-refractivity contribution in [2.24, 2.45) is 5.92 Å². The van der Waals surface area contributed by atoms with Gasteiger partial charge in [0.15, 0.2) is 0 Å². The number of aliphatic hydroxyl groups is 1. The molecule has 1 aromatic rings. The van der Waals surface area contributed by atoms with Crippen LogP contribution >= 0.6 is 0 Å². The second-order valence-electron chi connectivity index (χ2n) is 4.95. The van der Waals surface area contributed by atoms with E-state index in [2.05, 4.69) is 19.2 Å². The van der Waals surface area contributed by atoms with Crippen LogP contribution in [0, 0.1) is 5.92 Å². The molecule has 4 nitrogen and oxygen atoms in total. The van der Waals surface area contributed by atoms with Gasteiger partial charge in [-0.15, -0.1) is 0 Å². The van der Waals surface area contributed by atoms with E-state index in [0.717, 1.165) is 18.9 Å². The summed E-state index contributed by atoms with van der Waals surface area (Å²) in [6.07, 6.45) is -0.509. The molecule has 0 aliphatic carbocycles. The van der Waals surface area contributed by atoms with Gasteiger partial charge >= 0.3 is 0 Å². The van der Waals surface area contributed by atoms with Crippen molar-refractivity contribution in [3.8, 4) is 5.75 Å². The summed E-state index contributed by atoms with van der Waals surface area (Å²) >= 11 is 0. The Hall–Kier alpha value is -1.10. The van der Waals surface area contributed by atoms with E-state index < -0.39 is 6.10 Å². The summed E-state index contributed by atoms with van der Waals surface area (Å²) in [5.74, 6) is 1.34. The second kappa shape index (κ2) is 9.78. The first-order valence-corrected chi connectivity index (χ1v) is 6.83. The fraction of sp³-hybridized carbons (Fsp3) is 0.600. The Balaban J connectivity index is 1.98. The summed E-state index contributed by atoms with van der Waals surface area (Å²) in [6.45, 7) is 7.25. The SMILES string of the molecule is CC(C)COCCNCC(O)COc1ccccc1. The normalized spacial score (nSPS) is 12.6. The fourth-order valence-corrected chi connectivity index (χ4v) is 1.50. The van der Waals surface area contributed by atoms with E-state index in [-0.39, 0.29) is 0 Å². The van der Waals surface area contributed by atoms with Crippen LogP contribution in [0.25, 0.3) is 0 Å². The molecule has 0 fully saturated rings. The lowest BCUT2D eigenvalue weighted by Crippen LogP contribution is -2.33. The fourth-order valence-electron chi connectivity index (χ4n) is 1.50. The third-order valence-corrected chi connectivity index (χ3v) is 2.44.